The van der Waals surface area contributed by atoms with Crippen molar-refractivity contribution in [3.63, 3.8) is 0 Å². The summed E-state index contributed by atoms with van der Waals surface area (Å²) < 4.78 is 0. The lowest BCUT2D eigenvalue weighted by Gasteiger charge is -2.29. The number of nitrogens with one attached hydrogen (secondary N) is 2. The minimum Gasteiger partial charge on any atom is -0.349 e. The summed E-state index contributed by atoms with van der Waals surface area (Å²) in [5.74, 6) is 0.923. The molecule has 1 aromatic carbocycles. The largest absolute Gasteiger partial charge is 0.349 e. The van der Waals surface area contributed by atoms with E-state index < -0.39 is 0 Å². The number of carbonyl (C=O) groups excluding carboxylic acids is 1. The monoisotopic (exact) mass is 320 g/mol. The molecule has 3 nitrogen and oxygen atoms in total. The zero-order valence-corrected chi connectivity index (χ0v) is 13.7. The fourth-order valence-electron chi connectivity index (χ4n) is 3.82. The predicted octanol–water partition coefficient (Wildman–Crippen LogP) is 3.69. The highest BCUT2D eigenvalue weighted by Gasteiger charge is 2.30. The van der Waals surface area contributed by atoms with E-state index in [1.165, 1.54) is 25.7 Å². The highest BCUT2D eigenvalue weighted by Crippen LogP contribution is 2.36. The van der Waals surface area contributed by atoms with Gasteiger partial charge in [-0.2, -0.15) is 0 Å². The Labute approximate surface area is 137 Å². The third kappa shape index (κ3) is 3.82. The van der Waals surface area contributed by atoms with Crippen LogP contribution in [0.15, 0.2) is 24.3 Å². The molecule has 1 saturated carbocycles. The van der Waals surface area contributed by atoms with Gasteiger partial charge in [0.25, 0.3) is 0 Å². The molecule has 22 heavy (non-hydrogen) atoms. The van der Waals surface area contributed by atoms with Gasteiger partial charge in [-0.25, -0.2) is 0 Å². The van der Waals surface area contributed by atoms with Crippen LogP contribution < -0.4 is 10.6 Å². The van der Waals surface area contributed by atoms with Gasteiger partial charge < -0.3 is 10.6 Å². The van der Waals surface area contributed by atoms with Crippen molar-refractivity contribution in [2.24, 2.45) is 11.8 Å². The highest BCUT2D eigenvalue weighted by molar-refractivity contribution is 6.30. The van der Waals surface area contributed by atoms with E-state index in [9.17, 15) is 4.79 Å². The molecule has 2 N–H and O–H groups in total. The van der Waals surface area contributed by atoms with Crippen molar-refractivity contribution in [2.45, 2.75) is 44.6 Å². The Morgan fingerprint density at radius 3 is 2.59 bits per heavy atom. The number of piperidine rings is 1. The second kappa shape index (κ2) is 7.47. The van der Waals surface area contributed by atoms with Crippen molar-refractivity contribution >= 4 is 17.5 Å². The van der Waals surface area contributed by atoms with Crippen LogP contribution in [0.4, 0.5) is 0 Å². The van der Waals surface area contributed by atoms with Crippen LogP contribution in [-0.4, -0.2) is 19.0 Å². The van der Waals surface area contributed by atoms with Gasteiger partial charge >= 0.3 is 0 Å². The van der Waals surface area contributed by atoms with Crippen LogP contribution in [0.2, 0.25) is 5.02 Å². The van der Waals surface area contributed by atoms with E-state index in [4.69, 9.17) is 11.6 Å². The van der Waals surface area contributed by atoms with Crippen LogP contribution in [0.3, 0.4) is 0 Å². The highest BCUT2D eigenvalue weighted by atomic mass is 35.5. The molecule has 0 spiro atoms. The Hall–Kier alpha value is -1.06. The average Bonchev–Trinajstić information content (AvgIpc) is 3.07. The smallest absolute Gasteiger partial charge is 0.223 e. The van der Waals surface area contributed by atoms with Gasteiger partial charge in [0.1, 0.15) is 0 Å². The number of rotatable bonds is 4. The van der Waals surface area contributed by atoms with Crippen molar-refractivity contribution in [3.8, 4) is 0 Å². The summed E-state index contributed by atoms with van der Waals surface area (Å²) in [6.07, 6.45) is 6.82. The molecule has 1 heterocycles. The number of amides is 1. The van der Waals surface area contributed by atoms with Gasteiger partial charge in [-0.3, -0.25) is 4.79 Å². The molecular formula is C18H25ClN2O. The first kappa shape index (κ1) is 15.8. The zero-order chi connectivity index (χ0) is 15.4. The minimum absolute atomic E-state index is 0.114. The van der Waals surface area contributed by atoms with E-state index in [2.05, 4.69) is 16.7 Å². The van der Waals surface area contributed by atoms with Gasteiger partial charge in [-0.15, -0.1) is 0 Å². The molecule has 1 aliphatic carbocycles. The molecule has 0 aromatic heterocycles. The van der Waals surface area contributed by atoms with Crippen molar-refractivity contribution < 1.29 is 4.79 Å². The Kier molecular flexibility index (Phi) is 5.37. The number of halogens is 1. The lowest BCUT2D eigenvalue weighted by Crippen LogP contribution is -2.41. The van der Waals surface area contributed by atoms with E-state index in [1.807, 2.05) is 18.2 Å². The summed E-state index contributed by atoms with van der Waals surface area (Å²) in [5.41, 5.74) is 1.15. The third-order valence-corrected chi connectivity index (χ3v) is 5.32. The SMILES string of the molecule is O=C(NC(c1cccc(Cl)c1)C1CCCC1)C1CCNCC1. The standard InChI is InChI=1S/C18H25ClN2O/c19-16-7-3-6-15(12-16)17(13-4-1-2-5-13)21-18(22)14-8-10-20-11-9-14/h3,6-7,12-14,17,20H,1-2,4-5,8-11H2,(H,21,22). The second-order valence-electron chi connectivity index (χ2n) is 6.61. The molecule has 1 aromatic rings. The van der Waals surface area contributed by atoms with E-state index in [0.29, 0.717) is 5.92 Å². The van der Waals surface area contributed by atoms with E-state index in [1.54, 1.807) is 0 Å². The van der Waals surface area contributed by atoms with E-state index in [0.717, 1.165) is 36.5 Å². The van der Waals surface area contributed by atoms with Crippen LogP contribution in [0.5, 0.6) is 0 Å². The summed E-state index contributed by atoms with van der Waals surface area (Å²) in [4.78, 5) is 12.7. The quantitative estimate of drug-likeness (QED) is 0.888. The first-order valence-electron chi connectivity index (χ1n) is 8.50. The Bertz CT molecular complexity index is 508. The molecule has 2 aliphatic rings. The molecule has 4 heteroatoms. The van der Waals surface area contributed by atoms with Crippen molar-refractivity contribution in [2.75, 3.05) is 13.1 Å². The molecule has 0 bridgehead atoms. The summed E-state index contributed by atoms with van der Waals surface area (Å²) in [5, 5.41) is 7.41. The van der Waals surface area contributed by atoms with Crippen LogP contribution in [-0.2, 0) is 4.79 Å². The number of benzene rings is 1. The van der Waals surface area contributed by atoms with Crippen molar-refractivity contribution in [1.82, 2.24) is 10.6 Å². The molecule has 0 radical (unpaired) electrons. The van der Waals surface area contributed by atoms with Gasteiger partial charge in [-0.05, 0) is 62.4 Å². The summed E-state index contributed by atoms with van der Waals surface area (Å²) in [7, 11) is 0. The molecule has 3 rings (SSSR count). The van der Waals surface area contributed by atoms with Gasteiger partial charge in [0, 0.05) is 10.9 Å². The van der Waals surface area contributed by atoms with Crippen molar-refractivity contribution in [3.05, 3.63) is 34.9 Å². The maximum Gasteiger partial charge on any atom is 0.223 e. The first-order chi connectivity index (χ1) is 10.7. The van der Waals surface area contributed by atoms with Crippen LogP contribution in [0, 0.1) is 11.8 Å². The lowest BCUT2D eigenvalue weighted by atomic mass is 9.90. The number of carbonyl (C=O) groups is 1. The third-order valence-electron chi connectivity index (χ3n) is 5.09. The number of hydrogen-bond acceptors (Lipinski definition) is 2. The Balaban J connectivity index is 1.74. The molecule has 120 valence electrons. The van der Waals surface area contributed by atoms with Gasteiger partial charge in [0.15, 0.2) is 0 Å². The van der Waals surface area contributed by atoms with Crippen molar-refractivity contribution in [1.29, 1.82) is 0 Å². The summed E-state index contributed by atoms with van der Waals surface area (Å²) in [6.45, 7) is 1.90. The van der Waals surface area contributed by atoms with Crippen LogP contribution in [0.25, 0.3) is 0 Å². The molecule has 1 amide bonds. The van der Waals surface area contributed by atoms with Gasteiger partial charge in [0.2, 0.25) is 5.91 Å². The van der Waals surface area contributed by atoms with Gasteiger partial charge in [0.05, 0.1) is 6.04 Å². The van der Waals surface area contributed by atoms with E-state index in [-0.39, 0.29) is 17.9 Å². The molecule has 1 unspecified atom stereocenters. The fraction of sp³-hybridized carbons (Fsp3) is 0.611. The summed E-state index contributed by atoms with van der Waals surface area (Å²) in [6, 6.07) is 8.09. The maximum absolute atomic E-state index is 12.7. The predicted molar refractivity (Wildman–Crippen MR) is 89.9 cm³/mol. The van der Waals surface area contributed by atoms with E-state index >= 15 is 0 Å². The Morgan fingerprint density at radius 2 is 1.91 bits per heavy atom. The fourth-order valence-corrected chi connectivity index (χ4v) is 4.02. The van der Waals surface area contributed by atoms with Crippen LogP contribution >= 0.6 is 11.6 Å². The first-order valence-corrected chi connectivity index (χ1v) is 8.88. The number of hydrogen-bond donors (Lipinski definition) is 2. The molecule has 1 saturated heterocycles. The minimum atomic E-state index is 0.114. The molecule has 1 atom stereocenters. The Morgan fingerprint density at radius 1 is 1.18 bits per heavy atom. The van der Waals surface area contributed by atoms with Gasteiger partial charge in [-0.1, -0.05) is 36.6 Å². The lowest BCUT2D eigenvalue weighted by molar-refractivity contribution is -0.126. The molecule has 2 fully saturated rings. The second-order valence-corrected chi connectivity index (χ2v) is 7.05. The normalized spacial score (nSPS) is 21.7. The molecule has 1 aliphatic heterocycles. The zero-order valence-electron chi connectivity index (χ0n) is 13.0. The average molecular weight is 321 g/mol. The maximum atomic E-state index is 12.7. The summed E-state index contributed by atoms with van der Waals surface area (Å²) >= 11 is 6.16. The molecular weight excluding hydrogens is 296 g/mol. The topological polar surface area (TPSA) is 41.1 Å². The van der Waals surface area contributed by atoms with Crippen LogP contribution in [0.1, 0.15) is 50.1 Å².